The third-order valence-electron chi connectivity index (χ3n) is 5.41. The second kappa shape index (κ2) is 9.14. The molecule has 0 fully saturated rings. The molecule has 10 heteroatoms. The van der Waals surface area contributed by atoms with Gasteiger partial charge in [0.25, 0.3) is 5.91 Å². The van der Waals surface area contributed by atoms with Gasteiger partial charge in [0.05, 0.1) is 36.0 Å². The van der Waals surface area contributed by atoms with Crippen LogP contribution in [0.3, 0.4) is 0 Å². The van der Waals surface area contributed by atoms with Gasteiger partial charge in [0, 0.05) is 6.54 Å². The summed E-state index contributed by atoms with van der Waals surface area (Å²) in [6.45, 7) is 2.77. The zero-order chi connectivity index (χ0) is 23.6. The highest BCUT2D eigenvalue weighted by Crippen LogP contribution is 2.31. The number of alkyl halides is 3. The van der Waals surface area contributed by atoms with Crippen molar-refractivity contribution in [2.45, 2.75) is 38.6 Å². The van der Waals surface area contributed by atoms with E-state index >= 15 is 0 Å². The number of aryl methyl sites for hydroxylation is 2. The molecule has 1 aliphatic rings. The first-order valence-electron chi connectivity index (χ1n) is 10.4. The molecule has 4 rings (SSSR count). The Morgan fingerprint density at radius 1 is 1.21 bits per heavy atom. The smallest absolute Gasteiger partial charge is 0.378 e. The quantitative estimate of drug-likeness (QED) is 0.605. The number of fused-ring (bicyclic) bond motifs is 1. The zero-order valence-corrected chi connectivity index (χ0v) is 17.8. The summed E-state index contributed by atoms with van der Waals surface area (Å²) in [6, 6.07) is 10.5. The first-order chi connectivity index (χ1) is 15.7. The molecule has 0 unspecified atom stereocenters. The van der Waals surface area contributed by atoms with Crippen molar-refractivity contribution in [2.75, 3.05) is 16.8 Å². The Morgan fingerprint density at radius 3 is 2.64 bits per heavy atom. The minimum absolute atomic E-state index is 0.289. The number of pyridine rings is 1. The van der Waals surface area contributed by atoms with E-state index in [0.717, 1.165) is 30.2 Å². The summed E-state index contributed by atoms with van der Waals surface area (Å²) in [4.78, 5) is 26.5. The predicted molar refractivity (Wildman–Crippen MR) is 115 cm³/mol. The maximum absolute atomic E-state index is 12.7. The Hall–Kier alpha value is -3.53. The first kappa shape index (κ1) is 22.7. The first-order valence-corrected chi connectivity index (χ1v) is 10.4. The Kier molecular flexibility index (Phi) is 6.28. The van der Waals surface area contributed by atoms with Crippen LogP contribution in [-0.4, -0.2) is 32.5 Å². The van der Waals surface area contributed by atoms with Gasteiger partial charge in [-0.2, -0.15) is 13.2 Å². The maximum atomic E-state index is 12.7. The van der Waals surface area contributed by atoms with Gasteiger partial charge in [0.1, 0.15) is 5.82 Å². The molecule has 0 saturated carbocycles. The number of benzene rings is 1. The number of carbonyl (C=O) groups excluding carboxylic acids is 1. The molecule has 1 aromatic carbocycles. The van der Waals surface area contributed by atoms with Gasteiger partial charge in [-0.05, 0) is 37.0 Å². The number of hydrogen-bond acceptors (Lipinski definition) is 6. The van der Waals surface area contributed by atoms with E-state index < -0.39 is 23.9 Å². The molecule has 2 N–H and O–H groups in total. The molecule has 33 heavy (non-hydrogen) atoms. The van der Waals surface area contributed by atoms with Crippen molar-refractivity contribution in [3.05, 3.63) is 77.0 Å². The van der Waals surface area contributed by atoms with Gasteiger partial charge in [-0.25, -0.2) is 9.97 Å². The molecule has 2 aromatic heterocycles. The number of nitrogens with one attached hydrogen (secondary N) is 1. The zero-order valence-electron chi connectivity index (χ0n) is 17.8. The summed E-state index contributed by atoms with van der Waals surface area (Å²) in [5.74, 6) is -0.214. The summed E-state index contributed by atoms with van der Waals surface area (Å²) in [7, 11) is 0. The van der Waals surface area contributed by atoms with E-state index in [2.05, 4.69) is 20.3 Å². The molecule has 0 saturated heterocycles. The monoisotopic (exact) mass is 457 g/mol. The van der Waals surface area contributed by atoms with Crippen LogP contribution in [0, 0.1) is 6.92 Å². The van der Waals surface area contributed by atoms with Gasteiger partial charge < -0.3 is 15.3 Å². The lowest BCUT2D eigenvalue weighted by molar-refractivity contribution is -0.141. The van der Waals surface area contributed by atoms with E-state index in [1.165, 1.54) is 0 Å². The average molecular weight is 457 g/mol. The van der Waals surface area contributed by atoms with Gasteiger partial charge >= 0.3 is 6.18 Å². The number of anilines is 2. The van der Waals surface area contributed by atoms with Gasteiger partial charge in [-0.1, -0.05) is 30.3 Å². The highest BCUT2D eigenvalue weighted by atomic mass is 19.4. The normalized spacial score (nSPS) is 14.5. The third-order valence-corrected chi connectivity index (χ3v) is 5.41. The Morgan fingerprint density at radius 2 is 1.97 bits per heavy atom. The molecule has 1 aliphatic heterocycles. The summed E-state index contributed by atoms with van der Waals surface area (Å²) in [6.07, 6.45) is -2.50. The average Bonchev–Trinajstić information content (AvgIpc) is 2.80. The van der Waals surface area contributed by atoms with Crippen LogP contribution in [0.4, 0.5) is 24.7 Å². The SMILES string of the molecule is Cc1cc2c(nc1NC(=O)[C@H](O)c1ccccc1)CCCN2Cc1cnc(C(F)(F)F)cn1. The molecule has 3 aromatic rings. The van der Waals surface area contributed by atoms with Crippen LogP contribution in [0.1, 0.15) is 40.7 Å². The standard InChI is InChI=1S/C23H22F3N5O2/c1-14-10-18-17(29-21(14)30-22(33)20(32)15-6-3-2-4-7-15)8-5-9-31(18)13-16-11-28-19(12-27-16)23(24,25)26/h2-4,6-7,10-12,20,32H,5,8-9,13H2,1H3,(H,29,30,33)/t20-/m1/s1. The van der Waals surface area contributed by atoms with Crippen molar-refractivity contribution in [1.82, 2.24) is 15.0 Å². The van der Waals surface area contributed by atoms with E-state index in [1.54, 1.807) is 37.3 Å². The number of rotatable bonds is 5. The van der Waals surface area contributed by atoms with E-state index in [0.29, 0.717) is 35.6 Å². The van der Waals surface area contributed by atoms with Crippen molar-refractivity contribution in [2.24, 2.45) is 0 Å². The van der Waals surface area contributed by atoms with Crippen molar-refractivity contribution in [1.29, 1.82) is 0 Å². The van der Waals surface area contributed by atoms with Crippen LogP contribution < -0.4 is 10.2 Å². The fourth-order valence-electron chi connectivity index (χ4n) is 3.69. The Balaban J connectivity index is 1.51. The minimum Gasteiger partial charge on any atom is -0.378 e. The molecule has 1 atom stereocenters. The number of hydrogen-bond donors (Lipinski definition) is 2. The molecule has 1 amide bonds. The van der Waals surface area contributed by atoms with Crippen LogP contribution in [0.2, 0.25) is 0 Å². The summed E-state index contributed by atoms with van der Waals surface area (Å²) in [5.41, 5.74) is 2.17. The molecular formula is C23H22F3N5O2. The minimum atomic E-state index is -4.53. The van der Waals surface area contributed by atoms with Gasteiger partial charge in [0.15, 0.2) is 11.8 Å². The molecule has 0 aliphatic carbocycles. The molecule has 0 bridgehead atoms. The van der Waals surface area contributed by atoms with E-state index in [4.69, 9.17) is 0 Å². The van der Waals surface area contributed by atoms with Crippen molar-refractivity contribution < 1.29 is 23.1 Å². The Bertz CT molecular complexity index is 1140. The second-order valence-electron chi connectivity index (χ2n) is 7.84. The van der Waals surface area contributed by atoms with Crippen molar-refractivity contribution in [3.63, 3.8) is 0 Å². The molecule has 7 nitrogen and oxygen atoms in total. The number of amides is 1. The number of nitrogens with zero attached hydrogens (tertiary/aromatic N) is 4. The number of aromatic nitrogens is 3. The molecule has 0 spiro atoms. The van der Waals surface area contributed by atoms with Crippen LogP contribution in [0.15, 0.2) is 48.8 Å². The van der Waals surface area contributed by atoms with Crippen LogP contribution in [-0.2, 0) is 23.9 Å². The topological polar surface area (TPSA) is 91.2 Å². The van der Waals surface area contributed by atoms with E-state index in [-0.39, 0.29) is 6.54 Å². The maximum Gasteiger partial charge on any atom is 0.434 e. The summed E-state index contributed by atoms with van der Waals surface area (Å²) < 4.78 is 38.2. The van der Waals surface area contributed by atoms with Crippen LogP contribution >= 0.6 is 0 Å². The highest BCUT2D eigenvalue weighted by molar-refractivity contribution is 5.94. The number of carbonyl (C=O) groups is 1. The predicted octanol–water partition coefficient (Wildman–Crippen LogP) is 3.82. The van der Waals surface area contributed by atoms with Crippen molar-refractivity contribution in [3.8, 4) is 0 Å². The van der Waals surface area contributed by atoms with Gasteiger partial charge in [-0.3, -0.25) is 9.78 Å². The summed E-state index contributed by atoms with van der Waals surface area (Å²) in [5, 5.41) is 13.0. The lowest BCUT2D eigenvalue weighted by Crippen LogP contribution is -2.30. The van der Waals surface area contributed by atoms with Gasteiger partial charge in [0.2, 0.25) is 0 Å². The lowest BCUT2D eigenvalue weighted by Gasteiger charge is -2.31. The van der Waals surface area contributed by atoms with Gasteiger partial charge in [-0.15, -0.1) is 0 Å². The number of halogens is 3. The van der Waals surface area contributed by atoms with Crippen molar-refractivity contribution >= 4 is 17.4 Å². The molecule has 0 radical (unpaired) electrons. The molecular weight excluding hydrogens is 435 g/mol. The fraction of sp³-hybridized carbons (Fsp3) is 0.304. The van der Waals surface area contributed by atoms with E-state index in [1.807, 2.05) is 11.0 Å². The highest BCUT2D eigenvalue weighted by Gasteiger charge is 2.33. The largest absolute Gasteiger partial charge is 0.434 e. The summed E-state index contributed by atoms with van der Waals surface area (Å²) >= 11 is 0. The lowest BCUT2D eigenvalue weighted by atomic mass is 10.0. The van der Waals surface area contributed by atoms with Crippen LogP contribution in [0.5, 0.6) is 0 Å². The Labute approximate surface area is 188 Å². The second-order valence-corrected chi connectivity index (χ2v) is 7.84. The molecule has 3 heterocycles. The molecule has 172 valence electrons. The third kappa shape index (κ3) is 5.11. The van der Waals surface area contributed by atoms with Crippen LogP contribution in [0.25, 0.3) is 0 Å². The number of aliphatic hydroxyl groups excluding tert-OH is 1. The number of aliphatic hydroxyl groups is 1. The van der Waals surface area contributed by atoms with E-state index in [9.17, 15) is 23.1 Å². The fourth-order valence-corrected chi connectivity index (χ4v) is 3.69.